The Balaban J connectivity index is 0.864. The van der Waals surface area contributed by atoms with Crippen LogP contribution in [0.5, 0.6) is 5.75 Å². The molecule has 0 radical (unpaired) electrons. The fourth-order valence-electron chi connectivity index (χ4n) is 7.28. The summed E-state index contributed by atoms with van der Waals surface area (Å²) in [4.78, 5) is 24.8. The molecule has 11 nitrogen and oxygen atoms in total. The summed E-state index contributed by atoms with van der Waals surface area (Å²) in [5.41, 5.74) is 2.90. The van der Waals surface area contributed by atoms with E-state index in [-0.39, 0.29) is 41.3 Å². The number of amides is 1. The predicted octanol–water partition coefficient (Wildman–Crippen LogP) is 6.35. The molecule has 2 aliphatic heterocycles. The third-order valence-corrected chi connectivity index (χ3v) is 10.4. The van der Waals surface area contributed by atoms with Crippen LogP contribution in [-0.4, -0.2) is 94.6 Å². The molecule has 1 spiro atoms. The Morgan fingerprint density at radius 3 is 2.30 bits per heavy atom. The zero-order valence-corrected chi connectivity index (χ0v) is 33.9. The van der Waals surface area contributed by atoms with Gasteiger partial charge in [-0.05, 0) is 63.3 Å². The second-order valence-corrected chi connectivity index (χ2v) is 15.0. The molecule has 2 saturated heterocycles. The van der Waals surface area contributed by atoms with Crippen LogP contribution in [0.25, 0.3) is 0 Å². The molecule has 3 aliphatic rings. The molecule has 1 aliphatic carbocycles. The van der Waals surface area contributed by atoms with E-state index < -0.39 is 5.97 Å². The number of ether oxygens (including phenoxy) is 7. The molecule has 1 amide bonds. The van der Waals surface area contributed by atoms with Crippen LogP contribution in [-0.2, 0) is 51.2 Å². The largest absolute Gasteiger partial charge is 0.489 e. The molecule has 57 heavy (non-hydrogen) atoms. The Hall–Kier alpha value is -4.36. The highest BCUT2D eigenvalue weighted by atomic mass is 16.6. The van der Waals surface area contributed by atoms with Gasteiger partial charge in [0, 0.05) is 38.9 Å². The van der Waals surface area contributed by atoms with Crippen LogP contribution in [0.2, 0.25) is 0 Å². The lowest BCUT2D eigenvalue weighted by Crippen LogP contribution is -2.55. The Kier molecular flexibility index (Phi) is 17.3. The van der Waals surface area contributed by atoms with Gasteiger partial charge in [0.2, 0.25) is 5.91 Å². The summed E-state index contributed by atoms with van der Waals surface area (Å²) in [7, 11) is 1.67. The van der Waals surface area contributed by atoms with Gasteiger partial charge in [-0.25, -0.2) is 4.79 Å². The summed E-state index contributed by atoms with van der Waals surface area (Å²) >= 11 is 0. The minimum Gasteiger partial charge on any atom is -0.489 e. The smallest absolute Gasteiger partial charge is 0.331 e. The number of hydrogen-bond donors (Lipinski definition) is 2. The molecule has 6 atom stereocenters. The van der Waals surface area contributed by atoms with Crippen molar-refractivity contribution >= 4 is 11.9 Å². The minimum absolute atomic E-state index is 0.0210. The highest BCUT2D eigenvalue weighted by molar-refractivity contribution is 5.87. The van der Waals surface area contributed by atoms with E-state index in [4.69, 9.17) is 33.2 Å². The van der Waals surface area contributed by atoms with E-state index in [2.05, 4.69) is 43.5 Å². The fraction of sp³-hybridized carbons (Fsp3) is 0.478. The van der Waals surface area contributed by atoms with E-state index in [0.717, 1.165) is 42.8 Å². The highest BCUT2D eigenvalue weighted by Gasteiger charge is 2.72. The van der Waals surface area contributed by atoms with Gasteiger partial charge in [0.15, 0.2) is 0 Å². The van der Waals surface area contributed by atoms with Crippen LogP contribution < -0.4 is 15.4 Å². The van der Waals surface area contributed by atoms with Gasteiger partial charge >= 0.3 is 5.97 Å². The minimum atomic E-state index is -0.425. The molecule has 0 bridgehead atoms. The lowest BCUT2D eigenvalue weighted by molar-refractivity contribution is -0.166. The van der Waals surface area contributed by atoms with Gasteiger partial charge in [-0.3, -0.25) is 4.79 Å². The van der Waals surface area contributed by atoms with Gasteiger partial charge in [-0.2, -0.15) is 0 Å². The predicted molar refractivity (Wildman–Crippen MR) is 220 cm³/mol. The number of allylic oxidation sites excluding steroid dienone is 7. The second kappa shape index (κ2) is 22.5. The molecule has 11 heteroatoms. The summed E-state index contributed by atoms with van der Waals surface area (Å²) < 4.78 is 41.2. The molecule has 5 rings (SSSR count). The van der Waals surface area contributed by atoms with Crippen molar-refractivity contribution in [2.45, 2.75) is 82.7 Å². The van der Waals surface area contributed by atoms with Crippen molar-refractivity contribution in [1.82, 2.24) is 10.6 Å². The number of hydrogen-bond acceptors (Lipinski definition) is 10. The number of epoxide rings is 2. The molecule has 2 heterocycles. The first-order chi connectivity index (χ1) is 27.7. The SMILES string of the molecule is COC1C(OC(=O)/C=C/C=C/C=C/C=C/C(=O)NCCOCCOCCNCc2cccc(OCc3ccccc3)c2)CCC2(CO2)C1[C@@]1(C)O[C@@H]1CC=C(C)C. The lowest BCUT2D eigenvalue weighted by atomic mass is 9.68. The molecule has 0 aromatic heterocycles. The molecular weight excluding hydrogens is 725 g/mol. The summed E-state index contributed by atoms with van der Waals surface area (Å²) in [6, 6.07) is 18.2. The average Bonchev–Trinajstić information content (AvgIpc) is 4.13. The third kappa shape index (κ3) is 14.2. The number of esters is 1. The van der Waals surface area contributed by atoms with Crippen molar-refractivity contribution in [3.05, 3.63) is 126 Å². The molecule has 1 saturated carbocycles. The quantitative estimate of drug-likeness (QED) is 0.0311. The molecule has 2 N–H and O–H groups in total. The summed E-state index contributed by atoms with van der Waals surface area (Å²) in [6.07, 6.45) is 17.0. The number of nitrogens with one attached hydrogen (secondary N) is 2. The third-order valence-electron chi connectivity index (χ3n) is 10.4. The average molecular weight is 785 g/mol. The first-order valence-corrected chi connectivity index (χ1v) is 20.0. The van der Waals surface area contributed by atoms with Crippen LogP contribution in [0.15, 0.2) is 115 Å². The van der Waals surface area contributed by atoms with Crippen molar-refractivity contribution in [2.24, 2.45) is 5.92 Å². The zero-order chi connectivity index (χ0) is 40.4. The Labute approximate surface area is 338 Å². The van der Waals surface area contributed by atoms with Gasteiger partial charge in [0.05, 0.1) is 45.1 Å². The lowest BCUT2D eigenvalue weighted by Gasteiger charge is -2.42. The van der Waals surface area contributed by atoms with Gasteiger partial charge in [-0.1, -0.05) is 90.6 Å². The van der Waals surface area contributed by atoms with Crippen LogP contribution >= 0.6 is 0 Å². The summed E-state index contributed by atoms with van der Waals surface area (Å²) in [5, 5.41) is 6.17. The zero-order valence-electron chi connectivity index (χ0n) is 33.9. The normalized spacial score (nSPS) is 25.4. The number of carbonyl (C=O) groups is 2. The van der Waals surface area contributed by atoms with E-state index >= 15 is 0 Å². The first-order valence-electron chi connectivity index (χ1n) is 20.0. The summed E-state index contributed by atoms with van der Waals surface area (Å²) in [5.74, 6) is 0.189. The fourth-order valence-corrected chi connectivity index (χ4v) is 7.28. The number of methoxy groups -OCH3 is 1. The number of carbonyl (C=O) groups excluding carboxylic acids is 2. The van der Waals surface area contributed by atoms with Gasteiger partial charge in [-0.15, -0.1) is 0 Å². The molecule has 4 unspecified atom stereocenters. The van der Waals surface area contributed by atoms with E-state index in [9.17, 15) is 9.59 Å². The molecule has 2 aromatic rings. The van der Waals surface area contributed by atoms with Gasteiger partial charge in [0.1, 0.15) is 35.8 Å². The standard InChI is InChI=1S/C46H60N2O9/c1-35(2)21-22-40-45(3,57-40)44-43(51-4)39(23-24-46(44)34-55-46)56-42(50)20-13-8-6-5-7-12-19-41(49)48-26-28-53-30-29-52-27-25-47-32-37-17-14-18-38(31-37)54-33-36-15-10-9-11-16-36/h5-21,31,39-40,43-44,47H,22-30,32-34H2,1-4H3,(H,48,49)/b7-5+,8-6+,19-12+,20-13+/t39?,40-,43?,44?,45+,46?/m1/s1. The van der Waals surface area contributed by atoms with Crippen LogP contribution in [0.3, 0.4) is 0 Å². The number of benzene rings is 2. The van der Waals surface area contributed by atoms with Crippen LogP contribution in [0.4, 0.5) is 0 Å². The van der Waals surface area contributed by atoms with E-state index in [1.54, 1.807) is 43.6 Å². The van der Waals surface area contributed by atoms with Crippen molar-refractivity contribution in [3.63, 3.8) is 0 Å². The van der Waals surface area contributed by atoms with Crippen molar-refractivity contribution in [2.75, 3.05) is 53.2 Å². The molecule has 3 fully saturated rings. The monoisotopic (exact) mass is 784 g/mol. The van der Waals surface area contributed by atoms with E-state index in [1.165, 1.54) is 17.7 Å². The van der Waals surface area contributed by atoms with Crippen LogP contribution in [0, 0.1) is 5.92 Å². The maximum Gasteiger partial charge on any atom is 0.331 e. The Morgan fingerprint density at radius 2 is 1.58 bits per heavy atom. The van der Waals surface area contributed by atoms with Crippen molar-refractivity contribution in [1.29, 1.82) is 0 Å². The van der Waals surface area contributed by atoms with Crippen molar-refractivity contribution in [3.8, 4) is 5.75 Å². The molecule has 308 valence electrons. The van der Waals surface area contributed by atoms with Crippen molar-refractivity contribution < 1.29 is 42.7 Å². The van der Waals surface area contributed by atoms with E-state index in [0.29, 0.717) is 52.6 Å². The Morgan fingerprint density at radius 1 is 0.877 bits per heavy atom. The Bertz CT molecular complexity index is 1710. The first kappa shape index (κ1) is 43.8. The van der Waals surface area contributed by atoms with Gasteiger partial charge < -0.3 is 43.8 Å². The maximum atomic E-state index is 12.7. The van der Waals surface area contributed by atoms with Gasteiger partial charge in [0.25, 0.3) is 0 Å². The highest BCUT2D eigenvalue weighted by Crippen LogP contribution is 2.59. The van der Waals surface area contributed by atoms with Crippen LogP contribution in [0.1, 0.15) is 51.2 Å². The summed E-state index contributed by atoms with van der Waals surface area (Å²) in [6.45, 7) is 11.3. The topological polar surface area (TPSA) is 129 Å². The van der Waals surface area contributed by atoms with E-state index in [1.807, 2.05) is 48.5 Å². The number of rotatable bonds is 24. The molecular formula is C46H60N2O9. The molecule has 2 aromatic carbocycles. The second-order valence-electron chi connectivity index (χ2n) is 15.0. The maximum absolute atomic E-state index is 12.7.